The molecule has 0 atom stereocenters. The lowest BCUT2D eigenvalue weighted by Crippen LogP contribution is -2.12. The average molecular weight is 388 g/mol. The molecule has 6 nitrogen and oxygen atoms in total. The van der Waals surface area contributed by atoms with E-state index in [0.717, 1.165) is 12.0 Å². The predicted molar refractivity (Wildman–Crippen MR) is 98.9 cm³/mol. The second kappa shape index (κ2) is 8.51. The highest BCUT2D eigenvalue weighted by molar-refractivity contribution is 6.04. The number of aromatic nitrogens is 1. The van der Waals surface area contributed by atoms with Crippen molar-refractivity contribution in [1.29, 1.82) is 0 Å². The summed E-state index contributed by atoms with van der Waals surface area (Å²) in [5.41, 5.74) is 2.71. The van der Waals surface area contributed by atoms with Crippen molar-refractivity contribution in [3.8, 4) is 22.8 Å². The van der Waals surface area contributed by atoms with Crippen molar-refractivity contribution in [2.75, 3.05) is 12.4 Å². The van der Waals surface area contributed by atoms with E-state index in [4.69, 9.17) is 9.26 Å². The molecule has 8 heteroatoms. The number of hydrogen-bond donors (Lipinski definition) is 1. The molecule has 1 heterocycles. The number of rotatable bonds is 7. The smallest absolute Gasteiger partial charge is 0.387 e. The monoisotopic (exact) mass is 388 g/mol. The first kappa shape index (κ1) is 19.3. The van der Waals surface area contributed by atoms with Gasteiger partial charge in [-0.3, -0.25) is 10.1 Å². The number of benzene rings is 2. The zero-order chi connectivity index (χ0) is 20.1. The first-order valence-corrected chi connectivity index (χ1v) is 8.50. The molecule has 0 fully saturated rings. The Balaban J connectivity index is 1.75. The van der Waals surface area contributed by atoms with Crippen molar-refractivity contribution in [2.45, 2.75) is 20.0 Å². The Hall–Kier alpha value is -3.42. The van der Waals surface area contributed by atoms with Crippen molar-refractivity contribution < 1.29 is 27.6 Å². The molecule has 0 spiro atoms. The Morgan fingerprint density at radius 2 is 1.89 bits per heavy atom. The van der Waals surface area contributed by atoms with Crippen LogP contribution in [-0.4, -0.2) is 24.8 Å². The maximum atomic E-state index is 12.5. The summed E-state index contributed by atoms with van der Waals surface area (Å²) in [7, 11) is 1.32. The lowest BCUT2D eigenvalue weighted by molar-refractivity contribution is -0.0512. The van der Waals surface area contributed by atoms with Gasteiger partial charge in [-0.2, -0.15) is 8.78 Å². The van der Waals surface area contributed by atoms with Gasteiger partial charge in [-0.25, -0.2) is 0 Å². The van der Waals surface area contributed by atoms with E-state index in [0.29, 0.717) is 5.69 Å². The molecule has 0 saturated heterocycles. The quantitative estimate of drug-likeness (QED) is 0.631. The van der Waals surface area contributed by atoms with Crippen molar-refractivity contribution in [3.63, 3.8) is 0 Å². The number of alkyl halides is 2. The minimum Gasteiger partial charge on any atom is -0.493 e. The van der Waals surface area contributed by atoms with Crippen molar-refractivity contribution in [2.24, 2.45) is 0 Å². The lowest BCUT2D eigenvalue weighted by Gasteiger charge is -2.11. The Bertz CT molecular complexity index is 955. The fourth-order valence-corrected chi connectivity index (χ4v) is 2.57. The van der Waals surface area contributed by atoms with E-state index < -0.39 is 12.5 Å². The van der Waals surface area contributed by atoms with Gasteiger partial charge in [0.05, 0.1) is 7.11 Å². The zero-order valence-electron chi connectivity index (χ0n) is 15.2. The van der Waals surface area contributed by atoms with E-state index in [1.807, 2.05) is 24.3 Å². The highest BCUT2D eigenvalue weighted by Crippen LogP contribution is 2.30. The second-order valence-corrected chi connectivity index (χ2v) is 5.83. The van der Waals surface area contributed by atoms with E-state index in [-0.39, 0.29) is 22.9 Å². The summed E-state index contributed by atoms with van der Waals surface area (Å²) in [4.78, 5) is 12.4. The van der Waals surface area contributed by atoms with Gasteiger partial charge in [-0.1, -0.05) is 36.3 Å². The summed E-state index contributed by atoms with van der Waals surface area (Å²) in [6.45, 7) is -0.974. The third-order valence-electron chi connectivity index (χ3n) is 4.05. The molecule has 0 aliphatic carbocycles. The summed E-state index contributed by atoms with van der Waals surface area (Å²) in [6, 6.07) is 13.4. The van der Waals surface area contributed by atoms with Crippen LogP contribution in [-0.2, 0) is 6.42 Å². The van der Waals surface area contributed by atoms with Crippen LogP contribution in [0.5, 0.6) is 11.5 Å². The summed E-state index contributed by atoms with van der Waals surface area (Å²) in [5, 5.41) is 6.48. The largest absolute Gasteiger partial charge is 0.493 e. The molecule has 0 radical (unpaired) electrons. The lowest BCUT2D eigenvalue weighted by atomic mass is 10.1. The molecular formula is C20H18F2N2O4. The van der Waals surface area contributed by atoms with Crippen LogP contribution in [0.4, 0.5) is 14.7 Å². The van der Waals surface area contributed by atoms with Crippen molar-refractivity contribution in [3.05, 3.63) is 59.7 Å². The highest BCUT2D eigenvalue weighted by atomic mass is 19.3. The van der Waals surface area contributed by atoms with Gasteiger partial charge in [-0.05, 0) is 30.2 Å². The fraction of sp³-hybridized carbons (Fsp3) is 0.200. The number of aryl methyl sites for hydroxylation is 1. The third-order valence-corrected chi connectivity index (χ3v) is 4.05. The number of anilines is 1. The summed E-state index contributed by atoms with van der Waals surface area (Å²) in [6.07, 6.45) is 0.930. The SMILES string of the molecule is CCc1ccc(-c2cc(NC(=O)c3ccc(OC)c(OC(F)F)c3)on2)cc1. The summed E-state index contributed by atoms with van der Waals surface area (Å²) in [5.74, 6) is -0.578. The number of carbonyl (C=O) groups is 1. The van der Waals surface area contributed by atoms with Gasteiger partial charge in [0.15, 0.2) is 11.5 Å². The van der Waals surface area contributed by atoms with Gasteiger partial charge in [0.1, 0.15) is 5.69 Å². The summed E-state index contributed by atoms with van der Waals surface area (Å²) >= 11 is 0. The Kier molecular flexibility index (Phi) is 5.88. The number of nitrogens with one attached hydrogen (secondary N) is 1. The molecule has 0 bridgehead atoms. The van der Waals surface area contributed by atoms with Crippen LogP contribution in [0.15, 0.2) is 53.1 Å². The number of nitrogens with zero attached hydrogens (tertiary/aromatic N) is 1. The van der Waals surface area contributed by atoms with E-state index in [2.05, 4.69) is 22.1 Å². The molecule has 3 rings (SSSR count). The number of hydrogen-bond acceptors (Lipinski definition) is 5. The number of methoxy groups -OCH3 is 1. The van der Waals surface area contributed by atoms with Gasteiger partial charge in [-0.15, -0.1) is 0 Å². The first-order valence-electron chi connectivity index (χ1n) is 8.50. The van der Waals surface area contributed by atoms with Gasteiger partial charge in [0, 0.05) is 17.2 Å². The molecule has 0 aliphatic heterocycles. The Morgan fingerprint density at radius 3 is 2.54 bits per heavy atom. The van der Waals surface area contributed by atoms with Crippen molar-refractivity contribution in [1.82, 2.24) is 5.16 Å². The standard InChI is InChI=1S/C20H18F2N2O4/c1-3-12-4-6-13(7-5-12)15-11-18(28-24-15)23-19(25)14-8-9-16(26-2)17(10-14)27-20(21)22/h4-11,20H,3H2,1-2H3,(H,23,25). The second-order valence-electron chi connectivity index (χ2n) is 5.83. The van der Waals surface area contributed by atoms with Crippen LogP contribution in [0.25, 0.3) is 11.3 Å². The molecule has 0 unspecified atom stereocenters. The van der Waals surface area contributed by atoms with Crippen LogP contribution >= 0.6 is 0 Å². The van der Waals surface area contributed by atoms with Crippen LogP contribution in [0, 0.1) is 0 Å². The maximum Gasteiger partial charge on any atom is 0.387 e. The fourth-order valence-electron chi connectivity index (χ4n) is 2.57. The van der Waals surface area contributed by atoms with Gasteiger partial charge >= 0.3 is 6.61 Å². The van der Waals surface area contributed by atoms with E-state index in [1.54, 1.807) is 6.07 Å². The third kappa shape index (κ3) is 4.46. The van der Waals surface area contributed by atoms with E-state index >= 15 is 0 Å². The highest BCUT2D eigenvalue weighted by Gasteiger charge is 2.16. The Labute approximate surface area is 160 Å². The van der Waals surface area contributed by atoms with Crippen LogP contribution in [0.2, 0.25) is 0 Å². The molecule has 0 aliphatic rings. The number of amides is 1. The maximum absolute atomic E-state index is 12.5. The molecule has 1 amide bonds. The number of ether oxygens (including phenoxy) is 2. The first-order chi connectivity index (χ1) is 13.5. The minimum absolute atomic E-state index is 0.0920. The Morgan fingerprint density at radius 1 is 1.14 bits per heavy atom. The van der Waals surface area contributed by atoms with Crippen molar-refractivity contribution >= 4 is 11.8 Å². The average Bonchev–Trinajstić information content (AvgIpc) is 3.16. The molecule has 1 N–H and O–H groups in total. The van der Waals surface area contributed by atoms with Crippen LogP contribution in [0.3, 0.4) is 0 Å². The van der Waals surface area contributed by atoms with Crippen LogP contribution in [0.1, 0.15) is 22.8 Å². The molecule has 0 saturated carbocycles. The van der Waals surface area contributed by atoms with Crippen LogP contribution < -0.4 is 14.8 Å². The molecule has 146 valence electrons. The molecule has 1 aromatic heterocycles. The molecular weight excluding hydrogens is 370 g/mol. The minimum atomic E-state index is -3.04. The van der Waals surface area contributed by atoms with Gasteiger partial charge in [0.25, 0.3) is 5.91 Å². The molecule has 2 aromatic carbocycles. The van der Waals surface area contributed by atoms with Gasteiger partial charge < -0.3 is 14.0 Å². The van der Waals surface area contributed by atoms with E-state index in [9.17, 15) is 13.6 Å². The number of halogens is 2. The number of carbonyl (C=O) groups excluding carboxylic acids is 1. The van der Waals surface area contributed by atoms with Gasteiger partial charge in [0.2, 0.25) is 5.88 Å². The van der Waals surface area contributed by atoms with E-state index in [1.165, 1.54) is 30.9 Å². The topological polar surface area (TPSA) is 73.6 Å². The summed E-state index contributed by atoms with van der Waals surface area (Å²) < 4.78 is 39.5. The zero-order valence-corrected chi connectivity index (χ0v) is 15.2. The predicted octanol–water partition coefficient (Wildman–Crippen LogP) is 4.77. The molecule has 28 heavy (non-hydrogen) atoms. The molecule has 3 aromatic rings. The normalized spacial score (nSPS) is 10.8.